The number of hydrogen-bond donors (Lipinski definition) is 2. The van der Waals surface area contributed by atoms with E-state index in [1.165, 1.54) is 6.07 Å². The number of halogens is 2. The summed E-state index contributed by atoms with van der Waals surface area (Å²) in [6.45, 7) is 1.71. The molecule has 1 aliphatic rings. The monoisotopic (exact) mass is 387 g/mol. The van der Waals surface area contributed by atoms with Crippen molar-refractivity contribution in [1.82, 2.24) is 10.2 Å². The van der Waals surface area contributed by atoms with Crippen molar-refractivity contribution in [1.29, 1.82) is 0 Å². The normalized spacial score (nSPS) is 14.6. The van der Waals surface area contributed by atoms with Crippen LogP contribution in [-0.4, -0.2) is 36.5 Å². The average molecular weight is 387 g/mol. The Morgan fingerprint density at radius 3 is 2.43 bits per heavy atom. The standard InChI is InChI=1S/C21H23F2N3O2/c22-17-6-7-19(18(23)14-17)25-21(28)26-12-9-15(10-13-26)8-11-24-20(27)16-4-2-1-3-5-16/h1-7,14-15H,8-13H2,(H,24,27)(H,25,28). The van der Waals surface area contributed by atoms with Gasteiger partial charge in [0.25, 0.3) is 5.91 Å². The molecule has 0 atom stereocenters. The first-order valence-electron chi connectivity index (χ1n) is 9.37. The number of likely N-dealkylation sites (tertiary alicyclic amines) is 1. The molecule has 0 unspecified atom stereocenters. The maximum absolute atomic E-state index is 13.7. The summed E-state index contributed by atoms with van der Waals surface area (Å²) in [4.78, 5) is 25.9. The third-order valence-electron chi connectivity index (χ3n) is 4.95. The zero-order valence-electron chi connectivity index (χ0n) is 15.5. The van der Waals surface area contributed by atoms with Gasteiger partial charge in [-0.1, -0.05) is 18.2 Å². The fourth-order valence-corrected chi connectivity index (χ4v) is 3.29. The fraction of sp³-hybridized carbons (Fsp3) is 0.333. The molecule has 3 amide bonds. The van der Waals surface area contributed by atoms with Crippen molar-refractivity contribution < 1.29 is 18.4 Å². The van der Waals surface area contributed by atoms with Gasteiger partial charge in [-0.05, 0) is 49.4 Å². The lowest BCUT2D eigenvalue weighted by molar-refractivity contribution is 0.0949. The van der Waals surface area contributed by atoms with E-state index in [4.69, 9.17) is 0 Å². The molecule has 0 spiro atoms. The highest BCUT2D eigenvalue weighted by atomic mass is 19.1. The molecule has 1 aliphatic heterocycles. The third kappa shape index (κ3) is 5.28. The molecule has 7 heteroatoms. The van der Waals surface area contributed by atoms with Crippen LogP contribution in [0.25, 0.3) is 0 Å². The molecular formula is C21H23F2N3O2. The summed E-state index contributed by atoms with van der Waals surface area (Å²) >= 11 is 0. The number of amides is 3. The molecule has 5 nitrogen and oxygen atoms in total. The molecule has 2 aromatic carbocycles. The Labute approximate surface area is 162 Å². The molecule has 1 fully saturated rings. The molecule has 1 saturated heterocycles. The number of benzene rings is 2. The Kier molecular flexibility index (Phi) is 6.57. The number of piperidine rings is 1. The molecule has 2 N–H and O–H groups in total. The highest BCUT2D eigenvalue weighted by Crippen LogP contribution is 2.22. The van der Waals surface area contributed by atoms with Gasteiger partial charge < -0.3 is 15.5 Å². The summed E-state index contributed by atoms with van der Waals surface area (Å²) in [7, 11) is 0. The number of nitrogens with zero attached hydrogens (tertiary/aromatic N) is 1. The first-order valence-corrected chi connectivity index (χ1v) is 9.37. The molecular weight excluding hydrogens is 364 g/mol. The molecule has 0 bridgehead atoms. The lowest BCUT2D eigenvalue weighted by Gasteiger charge is -2.32. The number of rotatable bonds is 5. The van der Waals surface area contributed by atoms with Crippen LogP contribution in [0.15, 0.2) is 48.5 Å². The first kappa shape index (κ1) is 19.8. The van der Waals surface area contributed by atoms with Gasteiger partial charge in [0.15, 0.2) is 0 Å². The van der Waals surface area contributed by atoms with Crippen LogP contribution >= 0.6 is 0 Å². The number of anilines is 1. The summed E-state index contributed by atoms with van der Waals surface area (Å²) in [5, 5.41) is 5.41. The van der Waals surface area contributed by atoms with Crippen molar-refractivity contribution in [3.63, 3.8) is 0 Å². The number of nitrogens with one attached hydrogen (secondary N) is 2. The van der Waals surface area contributed by atoms with E-state index in [1.54, 1.807) is 17.0 Å². The molecule has 148 valence electrons. The maximum atomic E-state index is 13.7. The quantitative estimate of drug-likeness (QED) is 0.814. The van der Waals surface area contributed by atoms with Crippen LogP contribution in [0, 0.1) is 17.6 Å². The van der Waals surface area contributed by atoms with Crippen molar-refractivity contribution in [3.05, 3.63) is 65.7 Å². The van der Waals surface area contributed by atoms with Crippen molar-refractivity contribution in [2.45, 2.75) is 19.3 Å². The summed E-state index contributed by atoms with van der Waals surface area (Å²) in [5.41, 5.74) is 0.610. The van der Waals surface area contributed by atoms with E-state index >= 15 is 0 Å². The molecule has 0 aliphatic carbocycles. The summed E-state index contributed by atoms with van der Waals surface area (Å²) < 4.78 is 26.6. The Bertz CT molecular complexity index is 822. The zero-order valence-corrected chi connectivity index (χ0v) is 15.5. The van der Waals surface area contributed by atoms with Crippen LogP contribution in [0.4, 0.5) is 19.3 Å². The topological polar surface area (TPSA) is 61.4 Å². The van der Waals surface area contributed by atoms with Gasteiger partial charge in [-0.15, -0.1) is 0 Å². The largest absolute Gasteiger partial charge is 0.352 e. The molecule has 1 heterocycles. The minimum atomic E-state index is -0.794. The summed E-state index contributed by atoms with van der Waals surface area (Å²) in [6, 6.07) is 11.7. The predicted molar refractivity (Wildman–Crippen MR) is 103 cm³/mol. The second kappa shape index (κ2) is 9.30. The van der Waals surface area contributed by atoms with Crippen molar-refractivity contribution in [3.8, 4) is 0 Å². The number of urea groups is 1. The second-order valence-corrected chi connectivity index (χ2v) is 6.90. The zero-order chi connectivity index (χ0) is 19.9. The SMILES string of the molecule is O=C(NCCC1CCN(C(=O)Nc2ccc(F)cc2F)CC1)c1ccccc1. The van der Waals surface area contributed by atoms with Gasteiger partial charge in [0.05, 0.1) is 5.69 Å². The minimum Gasteiger partial charge on any atom is -0.352 e. The second-order valence-electron chi connectivity index (χ2n) is 6.90. The van der Waals surface area contributed by atoms with Crippen LogP contribution in [0.3, 0.4) is 0 Å². The summed E-state index contributed by atoms with van der Waals surface area (Å²) in [5.74, 6) is -1.14. The smallest absolute Gasteiger partial charge is 0.321 e. The Morgan fingerprint density at radius 2 is 1.75 bits per heavy atom. The Hall–Kier alpha value is -2.96. The van der Waals surface area contributed by atoms with Crippen molar-refractivity contribution in [2.24, 2.45) is 5.92 Å². The van der Waals surface area contributed by atoms with Gasteiger partial charge in [0.1, 0.15) is 11.6 Å². The molecule has 0 aromatic heterocycles. The predicted octanol–water partition coefficient (Wildman–Crippen LogP) is 4.03. The van der Waals surface area contributed by atoms with Crippen LogP contribution in [-0.2, 0) is 0 Å². The molecule has 2 aromatic rings. The minimum absolute atomic E-state index is 0.0304. The van der Waals surface area contributed by atoms with Gasteiger partial charge in [0.2, 0.25) is 0 Å². The molecule has 0 saturated carbocycles. The Balaban J connectivity index is 1.39. The van der Waals surface area contributed by atoms with Crippen LogP contribution in [0.2, 0.25) is 0 Å². The van der Waals surface area contributed by atoms with E-state index < -0.39 is 11.6 Å². The van der Waals surface area contributed by atoms with E-state index in [0.717, 1.165) is 31.4 Å². The van der Waals surface area contributed by atoms with Gasteiger partial charge in [-0.3, -0.25) is 4.79 Å². The third-order valence-corrected chi connectivity index (χ3v) is 4.95. The first-order chi connectivity index (χ1) is 13.5. The lowest BCUT2D eigenvalue weighted by atomic mass is 9.93. The van der Waals surface area contributed by atoms with Gasteiger partial charge in [-0.25, -0.2) is 13.6 Å². The van der Waals surface area contributed by atoms with E-state index in [1.807, 2.05) is 18.2 Å². The van der Waals surface area contributed by atoms with Gasteiger partial charge >= 0.3 is 6.03 Å². The van der Waals surface area contributed by atoms with Crippen LogP contribution in [0.5, 0.6) is 0 Å². The van der Waals surface area contributed by atoms with E-state index in [2.05, 4.69) is 10.6 Å². The molecule has 3 rings (SSSR count). The van der Waals surface area contributed by atoms with Gasteiger partial charge in [-0.2, -0.15) is 0 Å². The average Bonchev–Trinajstić information content (AvgIpc) is 2.71. The number of carbonyl (C=O) groups excluding carboxylic acids is 2. The number of hydrogen-bond acceptors (Lipinski definition) is 2. The summed E-state index contributed by atoms with van der Waals surface area (Å²) in [6.07, 6.45) is 2.49. The maximum Gasteiger partial charge on any atom is 0.321 e. The highest BCUT2D eigenvalue weighted by molar-refractivity contribution is 5.94. The molecule has 28 heavy (non-hydrogen) atoms. The van der Waals surface area contributed by atoms with Crippen LogP contribution in [0.1, 0.15) is 29.6 Å². The van der Waals surface area contributed by atoms with E-state index in [-0.39, 0.29) is 17.6 Å². The highest BCUT2D eigenvalue weighted by Gasteiger charge is 2.23. The van der Waals surface area contributed by atoms with E-state index in [0.29, 0.717) is 31.1 Å². The Morgan fingerprint density at radius 1 is 1.04 bits per heavy atom. The van der Waals surface area contributed by atoms with Crippen molar-refractivity contribution in [2.75, 3.05) is 25.0 Å². The fourth-order valence-electron chi connectivity index (χ4n) is 3.29. The lowest BCUT2D eigenvalue weighted by Crippen LogP contribution is -2.41. The number of carbonyl (C=O) groups is 2. The van der Waals surface area contributed by atoms with Gasteiger partial charge in [0, 0.05) is 31.3 Å². The van der Waals surface area contributed by atoms with Crippen LogP contribution < -0.4 is 10.6 Å². The van der Waals surface area contributed by atoms with Crippen molar-refractivity contribution >= 4 is 17.6 Å². The molecule has 0 radical (unpaired) electrons. The van der Waals surface area contributed by atoms with E-state index in [9.17, 15) is 18.4 Å².